The van der Waals surface area contributed by atoms with Crippen LogP contribution in [0.25, 0.3) is 0 Å². The van der Waals surface area contributed by atoms with Crippen molar-refractivity contribution in [2.75, 3.05) is 13.2 Å². The summed E-state index contributed by atoms with van der Waals surface area (Å²) in [5.74, 6) is -1.00. The molecular formula is C75H126O6. The van der Waals surface area contributed by atoms with E-state index in [2.05, 4.69) is 136 Å². The summed E-state index contributed by atoms with van der Waals surface area (Å²) in [7, 11) is 0. The largest absolute Gasteiger partial charge is 0.462 e. The zero-order valence-electron chi connectivity index (χ0n) is 53.0. The minimum absolute atomic E-state index is 0.111. The number of unbranched alkanes of at least 4 members (excludes halogenated alkanes) is 30. The second kappa shape index (κ2) is 68.3. The van der Waals surface area contributed by atoms with Crippen LogP contribution in [-0.4, -0.2) is 37.2 Å². The van der Waals surface area contributed by atoms with Gasteiger partial charge in [-0.05, 0) is 116 Å². The third kappa shape index (κ3) is 66.5. The lowest BCUT2D eigenvalue weighted by Gasteiger charge is -2.18. The molecule has 0 saturated carbocycles. The Kier molecular flexibility index (Phi) is 64.8. The number of hydrogen-bond acceptors (Lipinski definition) is 6. The summed E-state index contributed by atoms with van der Waals surface area (Å²) in [6, 6.07) is 0. The Labute approximate surface area is 501 Å². The van der Waals surface area contributed by atoms with Gasteiger partial charge in [-0.2, -0.15) is 0 Å². The summed E-state index contributed by atoms with van der Waals surface area (Å²) in [5.41, 5.74) is 0. The first-order valence-corrected chi connectivity index (χ1v) is 34.0. The van der Waals surface area contributed by atoms with E-state index in [1.54, 1.807) is 0 Å². The number of carbonyl (C=O) groups is 3. The Morgan fingerprint density at radius 2 is 0.519 bits per heavy atom. The van der Waals surface area contributed by atoms with Gasteiger partial charge in [-0.25, -0.2) is 0 Å². The standard InChI is InChI=1S/C75H126O6/c1-4-7-10-13-16-19-22-24-26-28-30-31-32-33-34-35-36-37-38-39-40-41-42-43-45-46-48-50-53-56-59-62-65-68-74(77)80-71-72(70-79-73(76)67-64-61-58-55-52-21-18-15-12-9-6-3)81-75(78)69-66-63-60-57-54-51-49-47-44-29-27-25-23-20-17-14-11-8-5-2/h8,11,15,17-18,20,22,24-25,27-28,30,32-33,44,47,51,54,60,63,72H,4-7,9-10,12-14,16,19,21,23,26,29,31,34-43,45-46,48-50,52-53,55-59,61-62,64-71H2,1-3H3/b11-8-,18-15-,20-17-,24-22-,27-25-,30-28-,33-32-,47-44-,54-51-,63-60-. The Morgan fingerprint density at radius 3 is 0.852 bits per heavy atom. The predicted octanol–water partition coefficient (Wildman–Crippen LogP) is 23.6. The van der Waals surface area contributed by atoms with E-state index in [9.17, 15) is 14.4 Å². The van der Waals surface area contributed by atoms with Crippen LogP contribution < -0.4 is 0 Å². The molecule has 0 spiro atoms. The van der Waals surface area contributed by atoms with Gasteiger partial charge in [0.1, 0.15) is 13.2 Å². The molecule has 0 fully saturated rings. The van der Waals surface area contributed by atoms with Crippen molar-refractivity contribution in [3.63, 3.8) is 0 Å². The van der Waals surface area contributed by atoms with Crippen molar-refractivity contribution >= 4 is 17.9 Å². The molecule has 6 nitrogen and oxygen atoms in total. The Balaban J connectivity index is 4.22. The van der Waals surface area contributed by atoms with Crippen LogP contribution in [0.4, 0.5) is 0 Å². The van der Waals surface area contributed by atoms with Crippen LogP contribution in [0.15, 0.2) is 122 Å². The zero-order valence-corrected chi connectivity index (χ0v) is 53.0. The van der Waals surface area contributed by atoms with Crippen molar-refractivity contribution in [2.24, 2.45) is 0 Å². The summed E-state index contributed by atoms with van der Waals surface area (Å²) < 4.78 is 16.8. The predicted molar refractivity (Wildman–Crippen MR) is 353 cm³/mol. The van der Waals surface area contributed by atoms with Crippen LogP contribution in [0, 0.1) is 0 Å². The molecule has 462 valence electrons. The maximum absolute atomic E-state index is 12.9. The van der Waals surface area contributed by atoms with Crippen molar-refractivity contribution in [1.82, 2.24) is 0 Å². The Hall–Kier alpha value is -4.19. The molecule has 0 aliphatic carbocycles. The lowest BCUT2D eigenvalue weighted by molar-refractivity contribution is -0.166. The molecule has 0 rings (SSSR count). The molecule has 6 heteroatoms. The van der Waals surface area contributed by atoms with E-state index in [4.69, 9.17) is 14.2 Å². The van der Waals surface area contributed by atoms with Crippen LogP contribution in [0.2, 0.25) is 0 Å². The van der Waals surface area contributed by atoms with Crippen molar-refractivity contribution in [3.8, 4) is 0 Å². The van der Waals surface area contributed by atoms with Gasteiger partial charge in [-0.1, -0.05) is 303 Å². The molecule has 0 amide bonds. The molecule has 0 aromatic rings. The highest BCUT2D eigenvalue weighted by molar-refractivity contribution is 5.71. The molecule has 0 aromatic carbocycles. The van der Waals surface area contributed by atoms with Gasteiger partial charge in [0.2, 0.25) is 0 Å². The van der Waals surface area contributed by atoms with Crippen LogP contribution in [-0.2, 0) is 28.6 Å². The number of hydrogen-bond donors (Lipinski definition) is 0. The minimum Gasteiger partial charge on any atom is -0.462 e. The first-order valence-electron chi connectivity index (χ1n) is 34.0. The van der Waals surface area contributed by atoms with E-state index in [-0.39, 0.29) is 31.6 Å². The third-order valence-corrected chi connectivity index (χ3v) is 14.4. The SMILES string of the molecule is CC/C=C\C/C=C\C/C=C\C/C=C\C/C=C\C/C=C\CCC(=O)OC(COC(=O)CCCCCCC/C=C\CCCC)COC(=O)CCCCCCCCCCCCCCCCCCCC/C=C\C/C=C\C/C=C\CCCCCCC. The van der Waals surface area contributed by atoms with Crippen LogP contribution in [0.5, 0.6) is 0 Å². The normalized spacial score (nSPS) is 12.9. The first-order chi connectivity index (χ1) is 40.0. The molecule has 1 unspecified atom stereocenters. The van der Waals surface area contributed by atoms with Crippen molar-refractivity contribution in [3.05, 3.63) is 122 Å². The van der Waals surface area contributed by atoms with Gasteiger partial charge in [0, 0.05) is 19.3 Å². The van der Waals surface area contributed by atoms with Gasteiger partial charge in [0.05, 0.1) is 0 Å². The van der Waals surface area contributed by atoms with Gasteiger partial charge < -0.3 is 14.2 Å². The second-order valence-electron chi connectivity index (χ2n) is 22.3. The number of esters is 3. The number of ether oxygens (including phenoxy) is 3. The number of allylic oxidation sites excluding steroid dienone is 20. The highest BCUT2D eigenvalue weighted by atomic mass is 16.6. The van der Waals surface area contributed by atoms with E-state index in [0.717, 1.165) is 103 Å². The van der Waals surface area contributed by atoms with Crippen LogP contribution >= 0.6 is 0 Å². The maximum Gasteiger partial charge on any atom is 0.306 e. The molecular weight excluding hydrogens is 997 g/mol. The van der Waals surface area contributed by atoms with Crippen molar-refractivity contribution in [2.45, 2.75) is 322 Å². The summed E-state index contributed by atoms with van der Waals surface area (Å²) in [6.45, 7) is 6.42. The quantitative estimate of drug-likeness (QED) is 0.0261. The monoisotopic (exact) mass is 1120 g/mol. The fourth-order valence-corrected chi connectivity index (χ4v) is 9.34. The van der Waals surface area contributed by atoms with Gasteiger partial charge in [0.25, 0.3) is 0 Å². The van der Waals surface area contributed by atoms with Crippen molar-refractivity contribution in [1.29, 1.82) is 0 Å². The molecule has 0 radical (unpaired) electrons. The Morgan fingerprint density at radius 1 is 0.259 bits per heavy atom. The van der Waals surface area contributed by atoms with E-state index < -0.39 is 12.1 Å². The smallest absolute Gasteiger partial charge is 0.306 e. The van der Waals surface area contributed by atoms with Crippen molar-refractivity contribution < 1.29 is 28.6 Å². The van der Waals surface area contributed by atoms with Gasteiger partial charge >= 0.3 is 17.9 Å². The van der Waals surface area contributed by atoms with Crippen LogP contribution in [0.3, 0.4) is 0 Å². The summed E-state index contributed by atoms with van der Waals surface area (Å²) in [4.78, 5) is 38.2. The average molecular weight is 1120 g/mol. The highest BCUT2D eigenvalue weighted by Gasteiger charge is 2.19. The molecule has 1 atom stereocenters. The van der Waals surface area contributed by atoms with Crippen LogP contribution in [0.1, 0.15) is 316 Å². The fraction of sp³-hybridized carbons (Fsp3) is 0.693. The highest BCUT2D eigenvalue weighted by Crippen LogP contribution is 2.16. The molecule has 0 N–H and O–H groups in total. The number of carbonyl (C=O) groups excluding carboxylic acids is 3. The first kappa shape index (κ1) is 76.8. The minimum atomic E-state index is -0.824. The molecule has 81 heavy (non-hydrogen) atoms. The average Bonchev–Trinajstić information content (AvgIpc) is 3.47. The van der Waals surface area contributed by atoms with E-state index in [1.165, 1.54) is 167 Å². The maximum atomic E-state index is 12.9. The lowest BCUT2D eigenvalue weighted by atomic mass is 10.0. The zero-order chi connectivity index (χ0) is 58.5. The second-order valence-corrected chi connectivity index (χ2v) is 22.3. The van der Waals surface area contributed by atoms with E-state index in [1.807, 2.05) is 6.08 Å². The fourth-order valence-electron chi connectivity index (χ4n) is 9.34. The summed E-state index contributed by atoms with van der Waals surface area (Å²) in [5, 5.41) is 0. The number of rotatable bonds is 61. The van der Waals surface area contributed by atoms with Gasteiger partial charge in [-0.3, -0.25) is 14.4 Å². The topological polar surface area (TPSA) is 78.9 Å². The van der Waals surface area contributed by atoms with E-state index >= 15 is 0 Å². The molecule has 0 aliphatic heterocycles. The molecule has 0 bridgehead atoms. The molecule has 0 aromatic heterocycles. The summed E-state index contributed by atoms with van der Waals surface area (Å²) in [6.07, 6.45) is 95.4. The van der Waals surface area contributed by atoms with Gasteiger partial charge in [-0.15, -0.1) is 0 Å². The third-order valence-electron chi connectivity index (χ3n) is 14.4. The lowest BCUT2D eigenvalue weighted by Crippen LogP contribution is -2.30. The summed E-state index contributed by atoms with van der Waals surface area (Å²) >= 11 is 0. The molecule has 0 heterocycles. The Bertz CT molecular complexity index is 1670. The molecule has 0 aliphatic rings. The van der Waals surface area contributed by atoms with Gasteiger partial charge in [0.15, 0.2) is 6.10 Å². The van der Waals surface area contributed by atoms with E-state index in [0.29, 0.717) is 19.3 Å². The molecule has 0 saturated heterocycles.